The molecule has 2 fully saturated rings. The van der Waals surface area contributed by atoms with Crippen LogP contribution in [0.15, 0.2) is 0 Å². The number of β-lactam (4-membered cyclic amide) rings is 1. The second-order valence-electron chi connectivity index (χ2n) is 7.11. The van der Waals surface area contributed by atoms with Gasteiger partial charge in [0.15, 0.2) is 0 Å². The number of likely N-dealkylation sites (tertiary alicyclic amines) is 2. The van der Waals surface area contributed by atoms with Crippen molar-refractivity contribution in [1.82, 2.24) is 9.80 Å². The van der Waals surface area contributed by atoms with E-state index in [1.54, 1.807) is 0 Å². The number of amides is 4. The van der Waals surface area contributed by atoms with Gasteiger partial charge in [0.05, 0.1) is 18.7 Å². The highest BCUT2D eigenvalue weighted by molar-refractivity contribution is 6.00. The van der Waals surface area contributed by atoms with Crippen LogP contribution in [0.1, 0.15) is 39.0 Å². The molecule has 4 amide bonds. The summed E-state index contributed by atoms with van der Waals surface area (Å²) in [5, 5.41) is 9.77. The Morgan fingerprint density at radius 3 is 2.42 bits per heavy atom. The molecule has 2 rings (SSSR count). The number of nitrogens with two attached hydrogens (primary N) is 3. The fourth-order valence-corrected chi connectivity index (χ4v) is 3.84. The van der Waals surface area contributed by atoms with Crippen molar-refractivity contribution in [1.29, 1.82) is 0 Å². The van der Waals surface area contributed by atoms with E-state index in [0.717, 1.165) is 12.8 Å². The zero-order valence-corrected chi connectivity index (χ0v) is 14.9. The van der Waals surface area contributed by atoms with Crippen LogP contribution in [0.5, 0.6) is 0 Å². The van der Waals surface area contributed by atoms with Gasteiger partial charge in [-0.05, 0) is 32.6 Å². The van der Waals surface area contributed by atoms with Gasteiger partial charge < -0.3 is 32.1 Å². The second kappa shape index (κ2) is 7.58. The maximum Gasteiger partial charge on any atom is 0.251 e. The van der Waals surface area contributed by atoms with Crippen LogP contribution in [-0.4, -0.2) is 75.4 Å². The Morgan fingerprint density at radius 1 is 1.27 bits per heavy atom. The lowest BCUT2D eigenvalue weighted by atomic mass is 9.77. The lowest BCUT2D eigenvalue weighted by Crippen LogP contribution is -2.80. The molecule has 1 spiro atoms. The normalized spacial score (nSPS) is 26.2. The SMILES string of the molecule is C[C@@H](O)[C@@H](C(N)=O)N1CC2(CCCCN2C(=O)C(N)CCC(N)=O)C1=O. The number of aliphatic hydroxyl groups is 1. The van der Waals surface area contributed by atoms with Gasteiger partial charge >= 0.3 is 0 Å². The average Bonchev–Trinajstić information content (AvgIpc) is 2.58. The molecule has 0 aromatic heterocycles. The van der Waals surface area contributed by atoms with Gasteiger partial charge in [-0.3, -0.25) is 19.2 Å². The molecule has 10 heteroatoms. The summed E-state index contributed by atoms with van der Waals surface area (Å²) in [7, 11) is 0. The van der Waals surface area contributed by atoms with Gasteiger partial charge in [0.25, 0.3) is 5.91 Å². The van der Waals surface area contributed by atoms with Crippen molar-refractivity contribution in [2.45, 2.75) is 62.8 Å². The summed E-state index contributed by atoms with van der Waals surface area (Å²) < 4.78 is 0. The summed E-state index contributed by atoms with van der Waals surface area (Å²) in [6.07, 6.45) is 0.936. The summed E-state index contributed by atoms with van der Waals surface area (Å²) in [5.74, 6) is -2.16. The summed E-state index contributed by atoms with van der Waals surface area (Å²) in [4.78, 5) is 50.8. The number of piperidine rings is 1. The first-order valence-corrected chi connectivity index (χ1v) is 8.75. The molecular weight excluding hydrogens is 342 g/mol. The van der Waals surface area contributed by atoms with Gasteiger partial charge in [0, 0.05) is 13.0 Å². The highest BCUT2D eigenvalue weighted by atomic mass is 16.3. The first-order chi connectivity index (χ1) is 12.1. The third-order valence-corrected chi connectivity index (χ3v) is 5.20. The van der Waals surface area contributed by atoms with E-state index in [4.69, 9.17) is 17.2 Å². The van der Waals surface area contributed by atoms with Crippen LogP contribution >= 0.6 is 0 Å². The molecule has 26 heavy (non-hydrogen) atoms. The number of hydrogen-bond acceptors (Lipinski definition) is 6. The van der Waals surface area contributed by atoms with E-state index in [0.29, 0.717) is 13.0 Å². The van der Waals surface area contributed by atoms with E-state index in [-0.39, 0.29) is 19.4 Å². The van der Waals surface area contributed by atoms with Gasteiger partial charge in [-0.15, -0.1) is 0 Å². The fourth-order valence-electron chi connectivity index (χ4n) is 3.84. The molecule has 10 nitrogen and oxygen atoms in total. The Bertz CT molecular complexity index is 610. The number of nitrogens with zero attached hydrogens (tertiary/aromatic N) is 2. The molecular formula is C16H27N5O5. The molecule has 146 valence electrons. The molecule has 2 aliphatic rings. The minimum absolute atomic E-state index is 0.0143. The van der Waals surface area contributed by atoms with Crippen molar-refractivity contribution in [2.75, 3.05) is 13.1 Å². The highest BCUT2D eigenvalue weighted by Crippen LogP contribution is 2.39. The minimum Gasteiger partial charge on any atom is -0.391 e. The minimum atomic E-state index is -1.13. The van der Waals surface area contributed by atoms with E-state index in [9.17, 15) is 24.3 Å². The number of carbonyl (C=O) groups is 4. The van der Waals surface area contributed by atoms with Crippen molar-refractivity contribution in [2.24, 2.45) is 17.2 Å². The first-order valence-electron chi connectivity index (χ1n) is 8.75. The average molecular weight is 369 g/mol. The topological polar surface area (TPSA) is 173 Å². The molecule has 2 heterocycles. The standard InChI is InChI=1S/C16H27N5O5/c1-9(22)12(13(19)24)20-8-16(15(20)26)6-2-3-7-21(16)14(25)10(17)4-5-11(18)23/h9-10,12,22H,2-8,17H2,1H3,(H2,18,23)(H2,19,24)/t9-,10?,12+,16?/m1/s1. The van der Waals surface area contributed by atoms with Crippen molar-refractivity contribution >= 4 is 23.6 Å². The Kier molecular flexibility index (Phi) is 5.87. The summed E-state index contributed by atoms with van der Waals surface area (Å²) in [5.41, 5.74) is 15.2. The third kappa shape index (κ3) is 3.51. The van der Waals surface area contributed by atoms with E-state index in [2.05, 4.69) is 0 Å². The van der Waals surface area contributed by atoms with Gasteiger partial charge in [-0.2, -0.15) is 0 Å². The Hall–Kier alpha value is -2.20. The predicted octanol–water partition coefficient (Wildman–Crippen LogP) is -2.59. The molecule has 7 N–H and O–H groups in total. The van der Waals surface area contributed by atoms with Gasteiger partial charge in [-0.25, -0.2) is 0 Å². The lowest BCUT2D eigenvalue weighted by molar-refractivity contribution is -0.184. The molecule has 2 unspecified atom stereocenters. The Labute approximate surface area is 151 Å². The second-order valence-corrected chi connectivity index (χ2v) is 7.11. The van der Waals surface area contributed by atoms with E-state index in [1.165, 1.54) is 16.7 Å². The summed E-state index contributed by atoms with van der Waals surface area (Å²) in [6.45, 7) is 1.88. The predicted molar refractivity (Wildman–Crippen MR) is 91.1 cm³/mol. The lowest BCUT2D eigenvalue weighted by Gasteiger charge is -2.58. The summed E-state index contributed by atoms with van der Waals surface area (Å²) >= 11 is 0. The van der Waals surface area contributed by atoms with E-state index >= 15 is 0 Å². The van der Waals surface area contributed by atoms with Gasteiger partial charge in [-0.1, -0.05) is 0 Å². The number of primary amides is 2. The van der Waals surface area contributed by atoms with Crippen molar-refractivity contribution in [3.8, 4) is 0 Å². The van der Waals surface area contributed by atoms with Crippen LogP contribution in [0.3, 0.4) is 0 Å². The van der Waals surface area contributed by atoms with Crippen LogP contribution < -0.4 is 17.2 Å². The number of rotatable bonds is 7. The Balaban J connectivity index is 2.16. The molecule has 2 aliphatic heterocycles. The van der Waals surface area contributed by atoms with Crippen molar-refractivity contribution < 1.29 is 24.3 Å². The van der Waals surface area contributed by atoms with E-state index in [1.807, 2.05) is 0 Å². The maximum absolute atomic E-state index is 12.9. The number of carbonyl (C=O) groups excluding carboxylic acids is 4. The van der Waals surface area contributed by atoms with Crippen LogP contribution in [0, 0.1) is 0 Å². The molecule has 2 saturated heterocycles. The molecule has 0 aromatic rings. The monoisotopic (exact) mass is 369 g/mol. The van der Waals surface area contributed by atoms with Crippen LogP contribution in [0.4, 0.5) is 0 Å². The maximum atomic E-state index is 12.9. The molecule has 0 aliphatic carbocycles. The zero-order valence-electron chi connectivity index (χ0n) is 14.9. The molecule has 0 saturated carbocycles. The Morgan fingerprint density at radius 2 is 1.92 bits per heavy atom. The van der Waals surface area contributed by atoms with Crippen molar-refractivity contribution in [3.63, 3.8) is 0 Å². The first kappa shape index (κ1) is 20.1. The third-order valence-electron chi connectivity index (χ3n) is 5.20. The molecule has 0 radical (unpaired) electrons. The van der Waals surface area contributed by atoms with Crippen LogP contribution in [0.25, 0.3) is 0 Å². The van der Waals surface area contributed by atoms with Gasteiger partial charge in [0.2, 0.25) is 17.7 Å². The highest BCUT2D eigenvalue weighted by Gasteiger charge is 2.61. The molecule has 4 atom stereocenters. The molecule has 0 bridgehead atoms. The fraction of sp³-hybridized carbons (Fsp3) is 0.750. The largest absolute Gasteiger partial charge is 0.391 e. The quantitative estimate of drug-likeness (QED) is 0.358. The van der Waals surface area contributed by atoms with Crippen molar-refractivity contribution in [3.05, 3.63) is 0 Å². The number of hydrogen-bond donors (Lipinski definition) is 4. The smallest absolute Gasteiger partial charge is 0.251 e. The van der Waals surface area contributed by atoms with Crippen LogP contribution in [0.2, 0.25) is 0 Å². The van der Waals surface area contributed by atoms with Gasteiger partial charge in [0.1, 0.15) is 11.6 Å². The van der Waals surface area contributed by atoms with Crippen LogP contribution in [-0.2, 0) is 19.2 Å². The summed E-state index contributed by atoms with van der Waals surface area (Å²) in [6, 6.07) is -2.06. The van der Waals surface area contributed by atoms with E-state index < -0.39 is 47.4 Å². The zero-order chi connectivity index (χ0) is 19.6. The number of aliphatic hydroxyl groups excluding tert-OH is 1. The molecule has 0 aromatic carbocycles.